The third-order valence-electron chi connectivity index (χ3n) is 3.50. The van der Waals surface area contributed by atoms with Crippen LogP contribution >= 0.6 is 11.6 Å². The quantitative estimate of drug-likeness (QED) is 0.757. The molecule has 0 N–H and O–H groups in total. The fraction of sp³-hybridized carbons (Fsp3) is 0.636. The van der Waals surface area contributed by atoms with Crippen molar-refractivity contribution in [2.75, 3.05) is 20.2 Å². The first kappa shape index (κ1) is 15.3. The number of aromatic nitrogens is 2. The van der Waals surface area contributed by atoms with E-state index in [1.807, 2.05) is 6.92 Å². The van der Waals surface area contributed by atoms with E-state index in [9.17, 15) is 13.2 Å². The summed E-state index contributed by atoms with van der Waals surface area (Å²) in [5.74, 6) is -0.973. The molecule has 1 saturated heterocycles. The molecular formula is C11H16ClN3O4S. The van der Waals surface area contributed by atoms with Crippen molar-refractivity contribution in [2.45, 2.75) is 11.9 Å². The van der Waals surface area contributed by atoms with Gasteiger partial charge in [-0.05, 0) is 5.92 Å². The average Bonchev–Trinajstić information content (AvgIpc) is 2.94. The lowest BCUT2D eigenvalue weighted by molar-refractivity contribution is -0.145. The van der Waals surface area contributed by atoms with Crippen molar-refractivity contribution in [1.82, 2.24) is 13.9 Å². The lowest BCUT2D eigenvalue weighted by Crippen LogP contribution is -2.30. The summed E-state index contributed by atoms with van der Waals surface area (Å²) in [7, 11) is -0.892. The Morgan fingerprint density at radius 1 is 1.50 bits per heavy atom. The summed E-state index contributed by atoms with van der Waals surface area (Å²) in [6, 6.07) is 0. The molecule has 0 amide bonds. The average molecular weight is 322 g/mol. The summed E-state index contributed by atoms with van der Waals surface area (Å²) in [4.78, 5) is 15.4. The van der Waals surface area contributed by atoms with Crippen molar-refractivity contribution in [3.05, 3.63) is 11.5 Å². The van der Waals surface area contributed by atoms with Crippen molar-refractivity contribution < 1.29 is 17.9 Å². The molecule has 1 aromatic rings. The van der Waals surface area contributed by atoms with Crippen molar-refractivity contribution in [2.24, 2.45) is 18.9 Å². The normalized spacial score (nSPS) is 24.0. The molecule has 112 valence electrons. The summed E-state index contributed by atoms with van der Waals surface area (Å²) in [5, 5.41) is -0.126. The van der Waals surface area contributed by atoms with E-state index in [2.05, 4.69) is 4.98 Å². The van der Waals surface area contributed by atoms with Crippen LogP contribution in [0.1, 0.15) is 6.92 Å². The summed E-state index contributed by atoms with van der Waals surface area (Å²) in [6.07, 6.45) is 1.34. The van der Waals surface area contributed by atoms with Gasteiger partial charge in [0.05, 0.1) is 19.4 Å². The molecule has 1 aliphatic heterocycles. The number of imidazole rings is 1. The zero-order valence-electron chi connectivity index (χ0n) is 11.4. The highest BCUT2D eigenvalue weighted by Crippen LogP contribution is 2.31. The van der Waals surface area contributed by atoms with Crippen LogP contribution in [0.4, 0.5) is 0 Å². The van der Waals surface area contributed by atoms with Gasteiger partial charge in [0.15, 0.2) is 0 Å². The van der Waals surface area contributed by atoms with Gasteiger partial charge in [-0.15, -0.1) is 0 Å². The third-order valence-corrected chi connectivity index (χ3v) is 5.82. The van der Waals surface area contributed by atoms with E-state index in [4.69, 9.17) is 16.3 Å². The first-order valence-corrected chi connectivity index (χ1v) is 7.85. The second-order valence-corrected chi connectivity index (χ2v) is 7.09. The Morgan fingerprint density at radius 2 is 2.15 bits per heavy atom. The van der Waals surface area contributed by atoms with E-state index in [0.29, 0.717) is 0 Å². The number of methoxy groups -OCH3 is 1. The molecule has 20 heavy (non-hydrogen) atoms. The highest BCUT2D eigenvalue weighted by atomic mass is 35.5. The standard InChI is InChI=1S/C11H16ClN3O4S/c1-7-4-15(5-8(7)11(16)19-3)20(17,18)10-9(12)14(2)6-13-10/h6-8H,4-5H2,1-3H3. The summed E-state index contributed by atoms with van der Waals surface area (Å²) >= 11 is 5.94. The molecule has 2 atom stereocenters. The minimum absolute atomic E-state index is 0.0548. The topological polar surface area (TPSA) is 81.5 Å². The van der Waals surface area contributed by atoms with E-state index < -0.39 is 21.9 Å². The number of rotatable bonds is 3. The number of hydrogen-bond acceptors (Lipinski definition) is 5. The molecule has 2 rings (SSSR count). The fourth-order valence-electron chi connectivity index (χ4n) is 2.27. The Labute approximate surface area is 122 Å². The predicted molar refractivity (Wildman–Crippen MR) is 71.6 cm³/mol. The van der Waals surface area contributed by atoms with E-state index in [-0.39, 0.29) is 29.2 Å². The van der Waals surface area contributed by atoms with Crippen LogP contribution in [-0.4, -0.2) is 48.4 Å². The largest absolute Gasteiger partial charge is 0.469 e. The first-order chi connectivity index (χ1) is 9.28. The molecule has 2 heterocycles. The zero-order valence-corrected chi connectivity index (χ0v) is 13.0. The molecule has 0 aliphatic carbocycles. The van der Waals surface area contributed by atoms with Gasteiger partial charge in [0, 0.05) is 20.1 Å². The SMILES string of the molecule is COC(=O)C1CN(S(=O)(=O)c2ncn(C)c2Cl)CC1C. The molecule has 0 bridgehead atoms. The Bertz CT molecular complexity index is 628. The highest BCUT2D eigenvalue weighted by molar-refractivity contribution is 7.89. The number of ether oxygens (including phenoxy) is 1. The van der Waals surface area contributed by atoms with Crippen LogP contribution in [-0.2, 0) is 26.6 Å². The van der Waals surface area contributed by atoms with Crippen molar-refractivity contribution in [3.8, 4) is 0 Å². The Morgan fingerprint density at radius 3 is 2.65 bits per heavy atom. The van der Waals surface area contributed by atoms with Gasteiger partial charge in [-0.1, -0.05) is 18.5 Å². The number of sulfonamides is 1. The van der Waals surface area contributed by atoms with Crippen molar-refractivity contribution in [3.63, 3.8) is 0 Å². The van der Waals surface area contributed by atoms with Gasteiger partial charge in [0.25, 0.3) is 10.0 Å². The summed E-state index contributed by atoms with van der Waals surface area (Å²) in [5.41, 5.74) is 0. The van der Waals surface area contributed by atoms with E-state index in [1.165, 1.54) is 22.3 Å². The lowest BCUT2D eigenvalue weighted by Gasteiger charge is -2.14. The molecule has 1 fully saturated rings. The maximum absolute atomic E-state index is 12.5. The fourth-order valence-corrected chi connectivity index (χ4v) is 4.22. The highest BCUT2D eigenvalue weighted by Gasteiger charge is 2.42. The lowest BCUT2D eigenvalue weighted by atomic mass is 9.99. The summed E-state index contributed by atoms with van der Waals surface area (Å²) in [6.45, 7) is 2.15. The minimum Gasteiger partial charge on any atom is -0.469 e. The van der Waals surface area contributed by atoms with E-state index >= 15 is 0 Å². The van der Waals surface area contributed by atoms with Crippen LogP contribution in [0.3, 0.4) is 0 Å². The number of hydrogen-bond donors (Lipinski definition) is 0. The van der Waals surface area contributed by atoms with Gasteiger partial charge in [-0.25, -0.2) is 13.4 Å². The molecule has 0 spiro atoms. The Kier molecular flexibility index (Phi) is 4.08. The van der Waals surface area contributed by atoms with Crippen molar-refractivity contribution in [1.29, 1.82) is 0 Å². The third kappa shape index (κ3) is 2.43. The molecule has 9 heteroatoms. The molecular weight excluding hydrogens is 306 g/mol. The number of aryl methyl sites for hydroxylation is 1. The van der Waals surface area contributed by atoms with Gasteiger partial charge >= 0.3 is 5.97 Å². The molecule has 1 aromatic heterocycles. The Balaban J connectivity index is 2.29. The van der Waals surface area contributed by atoms with Gasteiger partial charge in [0.1, 0.15) is 5.15 Å². The Hall–Kier alpha value is -1.12. The molecule has 7 nitrogen and oxygen atoms in total. The smallest absolute Gasteiger partial charge is 0.310 e. The number of halogens is 1. The van der Waals surface area contributed by atoms with Gasteiger partial charge < -0.3 is 9.30 Å². The maximum Gasteiger partial charge on any atom is 0.310 e. The first-order valence-electron chi connectivity index (χ1n) is 6.03. The maximum atomic E-state index is 12.5. The minimum atomic E-state index is -3.79. The van der Waals surface area contributed by atoms with Crippen molar-refractivity contribution >= 4 is 27.6 Å². The van der Waals surface area contributed by atoms with E-state index in [0.717, 1.165) is 0 Å². The second-order valence-electron chi connectivity index (χ2n) is 4.88. The molecule has 2 unspecified atom stereocenters. The van der Waals surface area contributed by atoms with Crippen LogP contribution in [0.5, 0.6) is 0 Å². The molecule has 0 radical (unpaired) electrons. The number of carbonyl (C=O) groups is 1. The van der Waals surface area contributed by atoms with Crippen LogP contribution < -0.4 is 0 Å². The van der Waals surface area contributed by atoms with E-state index in [1.54, 1.807) is 7.05 Å². The predicted octanol–water partition coefficient (Wildman–Crippen LogP) is 0.503. The zero-order chi connectivity index (χ0) is 15.1. The van der Waals surface area contributed by atoms with Gasteiger partial charge in [0.2, 0.25) is 5.03 Å². The van der Waals surface area contributed by atoms with Gasteiger partial charge in [-0.3, -0.25) is 4.79 Å². The van der Waals surface area contributed by atoms with Crippen LogP contribution in [0.2, 0.25) is 5.15 Å². The molecule has 0 saturated carbocycles. The van der Waals surface area contributed by atoms with Crippen LogP contribution in [0.15, 0.2) is 11.4 Å². The van der Waals surface area contributed by atoms with Crippen LogP contribution in [0.25, 0.3) is 0 Å². The molecule has 1 aliphatic rings. The number of carbonyl (C=O) groups excluding carboxylic acids is 1. The summed E-state index contributed by atoms with van der Waals surface area (Å²) < 4.78 is 32.3. The number of nitrogens with zero attached hydrogens (tertiary/aromatic N) is 3. The molecule has 0 aromatic carbocycles. The van der Waals surface area contributed by atoms with Gasteiger partial charge in [-0.2, -0.15) is 4.31 Å². The second kappa shape index (κ2) is 5.34. The van der Waals surface area contributed by atoms with Crippen LogP contribution in [0, 0.1) is 11.8 Å². The number of esters is 1. The monoisotopic (exact) mass is 321 g/mol.